The molecule has 6 nitrogen and oxygen atoms in total. The van der Waals surface area contributed by atoms with Gasteiger partial charge in [-0.2, -0.15) is 4.37 Å². The molecule has 0 spiro atoms. The Labute approximate surface area is 165 Å². The molecular formula is C19H18N6S2. The molecule has 0 N–H and O–H groups in total. The second kappa shape index (κ2) is 7.98. The van der Waals surface area contributed by atoms with E-state index in [1.807, 2.05) is 36.5 Å². The van der Waals surface area contributed by atoms with Crippen molar-refractivity contribution >= 4 is 23.3 Å². The zero-order valence-electron chi connectivity index (χ0n) is 15.0. The summed E-state index contributed by atoms with van der Waals surface area (Å²) in [6.07, 6.45) is 3.56. The van der Waals surface area contributed by atoms with Gasteiger partial charge in [0.15, 0.2) is 15.3 Å². The van der Waals surface area contributed by atoms with Crippen LogP contribution in [-0.4, -0.2) is 29.1 Å². The average Bonchev–Trinajstić information content (AvgIpc) is 3.32. The van der Waals surface area contributed by atoms with Crippen molar-refractivity contribution < 1.29 is 0 Å². The molecule has 0 bridgehead atoms. The van der Waals surface area contributed by atoms with E-state index in [0.717, 1.165) is 26.7 Å². The summed E-state index contributed by atoms with van der Waals surface area (Å²) < 4.78 is 7.41. The predicted octanol–water partition coefficient (Wildman–Crippen LogP) is 4.51. The molecule has 0 saturated carbocycles. The molecule has 136 valence electrons. The van der Waals surface area contributed by atoms with Gasteiger partial charge in [-0.05, 0) is 41.0 Å². The predicted molar refractivity (Wildman–Crippen MR) is 107 cm³/mol. The van der Waals surface area contributed by atoms with Gasteiger partial charge in [-0.15, -0.1) is 10.2 Å². The van der Waals surface area contributed by atoms with Crippen molar-refractivity contribution in [1.29, 1.82) is 0 Å². The lowest BCUT2D eigenvalue weighted by Gasteiger charge is -2.09. The molecule has 8 heteroatoms. The molecule has 0 saturated heterocycles. The van der Waals surface area contributed by atoms with Crippen LogP contribution in [-0.2, 0) is 6.54 Å². The number of rotatable bonds is 6. The molecule has 27 heavy (non-hydrogen) atoms. The van der Waals surface area contributed by atoms with E-state index in [1.165, 1.54) is 28.9 Å². The minimum atomic E-state index is 0.309. The largest absolute Gasteiger partial charge is 0.297 e. The highest BCUT2D eigenvalue weighted by Crippen LogP contribution is 2.32. The topological polar surface area (TPSA) is 69.4 Å². The smallest absolute Gasteiger partial charge is 0.198 e. The van der Waals surface area contributed by atoms with E-state index in [4.69, 9.17) is 0 Å². The quantitative estimate of drug-likeness (QED) is 0.479. The monoisotopic (exact) mass is 394 g/mol. The van der Waals surface area contributed by atoms with Crippen LogP contribution >= 0.6 is 23.3 Å². The van der Waals surface area contributed by atoms with Crippen molar-refractivity contribution in [3.63, 3.8) is 0 Å². The summed E-state index contributed by atoms with van der Waals surface area (Å²) in [6, 6.07) is 14.2. The first-order chi connectivity index (χ1) is 13.2. The van der Waals surface area contributed by atoms with Crippen LogP contribution in [0.2, 0.25) is 0 Å². The van der Waals surface area contributed by atoms with E-state index in [2.05, 4.69) is 55.1 Å². The van der Waals surface area contributed by atoms with Crippen LogP contribution in [0, 0.1) is 0 Å². The summed E-state index contributed by atoms with van der Waals surface area (Å²) in [7, 11) is 0. The van der Waals surface area contributed by atoms with Crippen LogP contribution in [0.5, 0.6) is 0 Å². The highest BCUT2D eigenvalue weighted by atomic mass is 32.2. The summed E-state index contributed by atoms with van der Waals surface area (Å²) in [6.45, 7) is 4.86. The van der Waals surface area contributed by atoms with Crippen LogP contribution in [0.1, 0.15) is 31.2 Å². The van der Waals surface area contributed by atoms with Gasteiger partial charge in [0.1, 0.15) is 5.82 Å². The number of hydrogen-bond donors (Lipinski definition) is 0. The highest BCUT2D eigenvalue weighted by molar-refractivity contribution is 8.00. The summed E-state index contributed by atoms with van der Waals surface area (Å²) in [5, 5.41) is 9.65. The van der Waals surface area contributed by atoms with Crippen LogP contribution in [0.3, 0.4) is 0 Å². The number of benzene rings is 1. The van der Waals surface area contributed by atoms with Gasteiger partial charge in [0, 0.05) is 23.9 Å². The van der Waals surface area contributed by atoms with E-state index in [-0.39, 0.29) is 0 Å². The second-order valence-electron chi connectivity index (χ2n) is 6.29. The van der Waals surface area contributed by atoms with E-state index in [1.54, 1.807) is 6.20 Å². The molecule has 0 fully saturated rings. The lowest BCUT2D eigenvalue weighted by atomic mass is 10.2. The molecule has 3 heterocycles. The van der Waals surface area contributed by atoms with Gasteiger partial charge in [-0.3, -0.25) is 9.55 Å². The molecule has 1 aromatic carbocycles. The van der Waals surface area contributed by atoms with Crippen molar-refractivity contribution in [2.75, 3.05) is 0 Å². The van der Waals surface area contributed by atoms with Crippen molar-refractivity contribution in [2.45, 2.75) is 35.8 Å². The Hall–Kier alpha value is -2.58. The summed E-state index contributed by atoms with van der Waals surface area (Å²) in [4.78, 5) is 8.83. The lowest BCUT2D eigenvalue weighted by Crippen LogP contribution is -2.04. The van der Waals surface area contributed by atoms with Crippen molar-refractivity contribution in [3.05, 3.63) is 66.2 Å². The lowest BCUT2D eigenvalue weighted by molar-refractivity contribution is 0.714. The average molecular weight is 395 g/mol. The Morgan fingerprint density at radius 3 is 2.63 bits per heavy atom. The number of hydrogen-bond acceptors (Lipinski definition) is 7. The van der Waals surface area contributed by atoms with E-state index in [0.29, 0.717) is 12.5 Å². The van der Waals surface area contributed by atoms with Gasteiger partial charge in [-0.25, -0.2) is 4.98 Å². The van der Waals surface area contributed by atoms with E-state index < -0.39 is 0 Å². The molecular weight excluding hydrogens is 376 g/mol. The van der Waals surface area contributed by atoms with Gasteiger partial charge >= 0.3 is 0 Å². The molecule has 0 aliphatic rings. The van der Waals surface area contributed by atoms with Gasteiger partial charge < -0.3 is 0 Å². The maximum absolute atomic E-state index is 4.61. The molecule has 4 aromatic rings. The molecule has 0 amide bonds. The first-order valence-corrected chi connectivity index (χ1v) is 10.2. The third kappa shape index (κ3) is 4.06. The van der Waals surface area contributed by atoms with Crippen LogP contribution < -0.4 is 0 Å². The number of aromatic nitrogens is 6. The SMILES string of the molecule is CC(C)c1nsc(Sc2nnc(-c3cccnc3)n2Cc2ccccc2)n1. The molecule has 0 aliphatic heterocycles. The zero-order chi connectivity index (χ0) is 18.6. The molecule has 3 aromatic heterocycles. The van der Waals surface area contributed by atoms with Crippen LogP contribution in [0.25, 0.3) is 11.4 Å². The fourth-order valence-corrected chi connectivity index (χ4v) is 4.24. The second-order valence-corrected chi connectivity index (χ2v) is 8.26. The number of nitrogens with zero attached hydrogens (tertiary/aromatic N) is 6. The fraction of sp³-hybridized carbons (Fsp3) is 0.211. The highest BCUT2D eigenvalue weighted by Gasteiger charge is 2.18. The minimum absolute atomic E-state index is 0.309. The molecule has 0 atom stereocenters. The molecule has 4 rings (SSSR count). The normalized spacial score (nSPS) is 11.2. The van der Waals surface area contributed by atoms with Gasteiger partial charge in [0.05, 0.1) is 6.54 Å². The molecule has 0 unspecified atom stereocenters. The standard InChI is InChI=1S/C19H18N6S2/c1-13(2)16-21-19(27-24-16)26-18-23-22-17(15-9-6-10-20-11-15)25(18)12-14-7-4-3-5-8-14/h3-11,13H,12H2,1-2H3. The van der Waals surface area contributed by atoms with Gasteiger partial charge in [-0.1, -0.05) is 44.2 Å². The fourth-order valence-electron chi connectivity index (χ4n) is 2.56. The maximum Gasteiger partial charge on any atom is 0.198 e. The Morgan fingerprint density at radius 1 is 1.07 bits per heavy atom. The summed E-state index contributed by atoms with van der Waals surface area (Å²) >= 11 is 2.90. The van der Waals surface area contributed by atoms with Gasteiger partial charge in [0.25, 0.3) is 0 Å². The zero-order valence-corrected chi connectivity index (χ0v) is 16.6. The first kappa shape index (κ1) is 17.8. The summed E-state index contributed by atoms with van der Waals surface area (Å²) in [5.74, 6) is 1.97. The minimum Gasteiger partial charge on any atom is -0.297 e. The Kier molecular flexibility index (Phi) is 5.26. The van der Waals surface area contributed by atoms with Gasteiger partial charge in [0.2, 0.25) is 0 Å². The third-order valence-corrected chi connectivity index (χ3v) is 5.69. The van der Waals surface area contributed by atoms with E-state index in [9.17, 15) is 0 Å². The Bertz CT molecular complexity index is 1010. The third-order valence-electron chi connectivity index (χ3n) is 3.94. The maximum atomic E-state index is 4.61. The molecule has 0 aliphatic carbocycles. The van der Waals surface area contributed by atoms with Crippen LogP contribution in [0.4, 0.5) is 0 Å². The first-order valence-electron chi connectivity index (χ1n) is 8.59. The van der Waals surface area contributed by atoms with E-state index >= 15 is 0 Å². The number of pyridine rings is 1. The van der Waals surface area contributed by atoms with Crippen molar-refractivity contribution in [2.24, 2.45) is 0 Å². The van der Waals surface area contributed by atoms with Crippen LogP contribution in [0.15, 0.2) is 64.4 Å². The molecule has 0 radical (unpaired) electrons. The van der Waals surface area contributed by atoms with Crippen molar-refractivity contribution in [3.8, 4) is 11.4 Å². The Morgan fingerprint density at radius 2 is 1.93 bits per heavy atom. The Balaban J connectivity index is 1.71. The van der Waals surface area contributed by atoms with Crippen molar-refractivity contribution in [1.82, 2.24) is 29.1 Å². The summed E-state index contributed by atoms with van der Waals surface area (Å²) in [5.41, 5.74) is 2.12.